The monoisotopic (exact) mass is 291 g/mol. The zero-order valence-corrected chi connectivity index (χ0v) is 8.89. The van der Waals surface area contributed by atoms with Crippen molar-refractivity contribution in [2.75, 3.05) is 0 Å². The van der Waals surface area contributed by atoms with Crippen molar-refractivity contribution >= 4 is 17.6 Å². The molecular formula is C8H3ClF5NO3. The third-order valence-electron chi connectivity index (χ3n) is 1.62. The summed E-state index contributed by atoms with van der Waals surface area (Å²) in [5, 5.41) is 7.64. The van der Waals surface area contributed by atoms with Crippen LogP contribution < -0.4 is 4.74 Å². The van der Waals surface area contributed by atoms with Crippen molar-refractivity contribution < 1.29 is 36.6 Å². The van der Waals surface area contributed by atoms with E-state index in [2.05, 4.69) is 9.72 Å². The summed E-state index contributed by atoms with van der Waals surface area (Å²) < 4.78 is 64.0. The molecule has 10 heteroatoms. The molecular weight excluding hydrogens is 289 g/mol. The van der Waals surface area contributed by atoms with Crippen LogP contribution in [0.2, 0.25) is 5.02 Å². The van der Waals surface area contributed by atoms with E-state index in [0.717, 1.165) is 0 Å². The van der Waals surface area contributed by atoms with Gasteiger partial charge in [0.15, 0.2) is 5.69 Å². The second-order valence-corrected chi connectivity index (χ2v) is 3.27. The lowest BCUT2D eigenvalue weighted by Gasteiger charge is -2.13. The van der Waals surface area contributed by atoms with Crippen LogP contribution >= 0.6 is 11.6 Å². The van der Waals surface area contributed by atoms with Crippen molar-refractivity contribution in [2.45, 2.75) is 12.8 Å². The summed E-state index contributed by atoms with van der Waals surface area (Å²) in [4.78, 5) is 13.3. The number of nitrogens with zero attached hydrogens (tertiary/aromatic N) is 1. The number of aromatic nitrogens is 1. The van der Waals surface area contributed by atoms with Gasteiger partial charge in [0.25, 0.3) is 6.43 Å². The maximum absolute atomic E-state index is 12.5. The predicted octanol–water partition coefficient (Wildman–Crippen LogP) is 3.27. The third-order valence-corrected chi connectivity index (χ3v) is 1.94. The van der Waals surface area contributed by atoms with Crippen LogP contribution in [0.5, 0.6) is 5.88 Å². The summed E-state index contributed by atoms with van der Waals surface area (Å²) in [5.74, 6) is -3.31. The standard InChI is InChI=1S/C8H3ClF5NO3/c9-2-1-3(7(16)17)15-6(4(2)5(10)11)18-8(12,13)14/h1,5H,(H,16,17). The van der Waals surface area contributed by atoms with Gasteiger partial charge in [-0.2, -0.15) is 0 Å². The molecule has 0 fully saturated rings. The van der Waals surface area contributed by atoms with Crippen molar-refractivity contribution in [1.29, 1.82) is 0 Å². The van der Waals surface area contributed by atoms with Crippen LogP contribution in [0.4, 0.5) is 22.0 Å². The Morgan fingerprint density at radius 1 is 1.44 bits per heavy atom. The number of halogens is 6. The SMILES string of the molecule is O=C(O)c1cc(Cl)c(C(F)F)c(OC(F)(F)F)n1. The molecule has 0 aliphatic heterocycles. The van der Waals surface area contributed by atoms with E-state index >= 15 is 0 Å². The van der Waals surface area contributed by atoms with Gasteiger partial charge in [-0.15, -0.1) is 13.2 Å². The molecule has 0 unspecified atom stereocenters. The Bertz CT molecular complexity index is 477. The zero-order chi connectivity index (χ0) is 14.1. The largest absolute Gasteiger partial charge is 0.574 e. The van der Waals surface area contributed by atoms with E-state index in [4.69, 9.17) is 16.7 Å². The second kappa shape index (κ2) is 4.92. The van der Waals surface area contributed by atoms with Gasteiger partial charge in [-0.3, -0.25) is 0 Å². The Balaban J connectivity index is 3.38. The van der Waals surface area contributed by atoms with Crippen molar-refractivity contribution in [2.24, 2.45) is 0 Å². The third kappa shape index (κ3) is 3.42. The molecule has 0 amide bonds. The highest BCUT2D eigenvalue weighted by Crippen LogP contribution is 2.36. The van der Waals surface area contributed by atoms with Gasteiger partial charge in [-0.1, -0.05) is 11.6 Å². The molecule has 0 aliphatic rings. The van der Waals surface area contributed by atoms with E-state index in [1.54, 1.807) is 0 Å². The first-order chi connectivity index (χ1) is 8.11. The first-order valence-corrected chi connectivity index (χ1v) is 4.47. The van der Waals surface area contributed by atoms with Gasteiger partial charge in [0.1, 0.15) is 0 Å². The minimum atomic E-state index is -5.29. The van der Waals surface area contributed by atoms with Gasteiger partial charge in [-0.05, 0) is 6.07 Å². The number of hydrogen-bond donors (Lipinski definition) is 1. The predicted molar refractivity (Wildman–Crippen MR) is 47.8 cm³/mol. The highest BCUT2D eigenvalue weighted by molar-refractivity contribution is 6.31. The van der Waals surface area contributed by atoms with E-state index in [1.807, 2.05) is 0 Å². The second-order valence-electron chi connectivity index (χ2n) is 2.86. The fraction of sp³-hybridized carbons (Fsp3) is 0.250. The molecule has 0 saturated carbocycles. The summed E-state index contributed by atoms with van der Waals surface area (Å²) in [6, 6.07) is 0.509. The van der Waals surface area contributed by atoms with Gasteiger partial charge in [0, 0.05) is 0 Å². The molecule has 1 N–H and O–H groups in total. The Morgan fingerprint density at radius 3 is 2.39 bits per heavy atom. The lowest BCUT2D eigenvalue weighted by atomic mass is 10.2. The molecule has 0 radical (unpaired) electrons. The summed E-state index contributed by atoms with van der Waals surface area (Å²) in [6.07, 6.45) is -8.69. The number of aromatic carboxylic acids is 1. The Hall–Kier alpha value is -1.64. The molecule has 1 aromatic rings. The van der Waals surface area contributed by atoms with Crippen LogP contribution in [0.15, 0.2) is 6.07 Å². The topological polar surface area (TPSA) is 59.4 Å². The van der Waals surface area contributed by atoms with Crippen LogP contribution in [0, 0.1) is 0 Å². The number of pyridine rings is 1. The van der Waals surface area contributed by atoms with Gasteiger partial charge in [0.05, 0.1) is 10.6 Å². The number of carboxylic acids is 1. The Labute approximate surface area is 101 Å². The molecule has 0 spiro atoms. The molecule has 100 valence electrons. The number of alkyl halides is 5. The van der Waals surface area contributed by atoms with Crippen LogP contribution in [0.25, 0.3) is 0 Å². The van der Waals surface area contributed by atoms with Crippen molar-refractivity contribution in [3.05, 3.63) is 22.3 Å². The van der Waals surface area contributed by atoms with Crippen LogP contribution in [0.3, 0.4) is 0 Å². The summed E-state index contributed by atoms with van der Waals surface area (Å²) >= 11 is 5.27. The lowest BCUT2D eigenvalue weighted by molar-refractivity contribution is -0.276. The summed E-state index contributed by atoms with van der Waals surface area (Å²) in [6.45, 7) is 0. The first kappa shape index (κ1) is 14.4. The van der Waals surface area contributed by atoms with Gasteiger partial charge in [-0.25, -0.2) is 18.6 Å². The normalized spacial score (nSPS) is 11.7. The van der Waals surface area contributed by atoms with Gasteiger partial charge >= 0.3 is 12.3 Å². The van der Waals surface area contributed by atoms with Crippen molar-refractivity contribution in [3.8, 4) is 5.88 Å². The number of carboxylic acid groups (broad SMARTS) is 1. The number of hydrogen-bond acceptors (Lipinski definition) is 3. The van der Waals surface area contributed by atoms with Crippen molar-refractivity contribution in [1.82, 2.24) is 4.98 Å². The zero-order valence-electron chi connectivity index (χ0n) is 8.13. The minimum absolute atomic E-state index is 0.509. The molecule has 18 heavy (non-hydrogen) atoms. The minimum Gasteiger partial charge on any atom is -0.477 e. The maximum atomic E-state index is 12.5. The Morgan fingerprint density at radius 2 is 2.00 bits per heavy atom. The fourth-order valence-electron chi connectivity index (χ4n) is 0.996. The van der Waals surface area contributed by atoms with Crippen LogP contribution in [-0.4, -0.2) is 22.4 Å². The van der Waals surface area contributed by atoms with E-state index in [9.17, 15) is 26.7 Å². The van der Waals surface area contributed by atoms with E-state index in [1.165, 1.54) is 0 Å². The quantitative estimate of drug-likeness (QED) is 0.868. The van der Waals surface area contributed by atoms with Gasteiger partial charge in [0.2, 0.25) is 5.88 Å². The summed E-state index contributed by atoms with van der Waals surface area (Å²) in [5.41, 5.74) is -2.26. The molecule has 0 bridgehead atoms. The molecule has 0 saturated heterocycles. The maximum Gasteiger partial charge on any atom is 0.574 e. The summed E-state index contributed by atoms with van der Waals surface area (Å²) in [7, 11) is 0. The van der Waals surface area contributed by atoms with Gasteiger partial charge < -0.3 is 9.84 Å². The molecule has 0 atom stereocenters. The number of rotatable bonds is 3. The Kier molecular flexibility index (Phi) is 3.95. The van der Waals surface area contributed by atoms with E-state index < -0.39 is 40.9 Å². The average Bonchev–Trinajstić information content (AvgIpc) is 2.12. The van der Waals surface area contributed by atoms with Crippen molar-refractivity contribution in [3.63, 3.8) is 0 Å². The molecule has 1 aromatic heterocycles. The number of carbonyl (C=O) groups is 1. The first-order valence-electron chi connectivity index (χ1n) is 4.09. The molecule has 1 heterocycles. The molecule has 4 nitrogen and oxygen atoms in total. The van der Waals surface area contributed by atoms with Crippen LogP contribution in [0.1, 0.15) is 22.5 Å². The molecule has 0 aromatic carbocycles. The highest BCUT2D eigenvalue weighted by Gasteiger charge is 2.35. The molecule has 1 rings (SSSR count). The van der Waals surface area contributed by atoms with E-state index in [-0.39, 0.29) is 0 Å². The number of ether oxygens (including phenoxy) is 1. The smallest absolute Gasteiger partial charge is 0.477 e. The average molecular weight is 292 g/mol. The van der Waals surface area contributed by atoms with E-state index in [0.29, 0.717) is 6.07 Å². The fourth-order valence-corrected chi connectivity index (χ4v) is 1.26. The lowest BCUT2D eigenvalue weighted by Crippen LogP contribution is -2.20. The highest BCUT2D eigenvalue weighted by atomic mass is 35.5. The van der Waals surface area contributed by atoms with Crippen LogP contribution in [-0.2, 0) is 0 Å². The molecule has 0 aliphatic carbocycles.